The van der Waals surface area contributed by atoms with Crippen LogP contribution in [-0.4, -0.2) is 24.5 Å². The van der Waals surface area contributed by atoms with Crippen LogP contribution >= 0.6 is 0 Å². The van der Waals surface area contributed by atoms with Gasteiger partial charge in [0.2, 0.25) is 0 Å². The number of hydrogen-bond acceptors (Lipinski definition) is 3. The molecule has 0 bridgehead atoms. The van der Waals surface area contributed by atoms with Crippen LogP contribution in [0.5, 0.6) is 0 Å². The minimum Gasteiger partial charge on any atom is -0.329 e. The third-order valence-electron chi connectivity index (χ3n) is 2.75. The Hall–Kier alpha value is -1.91. The lowest BCUT2D eigenvalue weighted by atomic mass is 9.93. The third kappa shape index (κ3) is 1.27. The van der Waals surface area contributed by atoms with Gasteiger partial charge in [0.25, 0.3) is 0 Å². The maximum atomic E-state index is 11.2. The monoisotopic (exact) mass is 202 g/mol. The molecule has 2 heterocycles. The second-order valence-electron chi connectivity index (χ2n) is 3.68. The fourth-order valence-electron chi connectivity index (χ4n) is 2.07. The van der Waals surface area contributed by atoms with Gasteiger partial charge in [-0.15, -0.1) is 0 Å². The molecule has 0 spiro atoms. The molecule has 2 N–H and O–H groups in total. The van der Waals surface area contributed by atoms with Crippen molar-refractivity contribution in [1.82, 2.24) is 10.6 Å². The molecule has 5 nitrogen and oxygen atoms in total. The number of nitrogens with one attached hydrogen (secondary N) is 2. The zero-order chi connectivity index (χ0) is 10.3. The molecule has 15 heavy (non-hydrogen) atoms. The Morgan fingerprint density at radius 2 is 2.33 bits per heavy atom. The van der Waals surface area contributed by atoms with Gasteiger partial charge in [-0.05, 0) is 18.4 Å². The van der Waals surface area contributed by atoms with E-state index in [1.807, 2.05) is 6.20 Å². The van der Waals surface area contributed by atoms with Crippen molar-refractivity contribution in [3.8, 4) is 0 Å². The molecule has 5 heteroatoms. The van der Waals surface area contributed by atoms with Gasteiger partial charge in [0.1, 0.15) is 0 Å². The smallest absolute Gasteiger partial charge is 0.319 e. The lowest BCUT2D eigenvalue weighted by Crippen LogP contribution is -2.27. The first-order chi connectivity index (χ1) is 7.34. The number of carbonyl (C=O) groups excluding carboxylic acids is 1. The zero-order valence-electron chi connectivity index (χ0n) is 8.03. The van der Waals surface area contributed by atoms with Crippen LogP contribution in [0.2, 0.25) is 0 Å². The van der Waals surface area contributed by atoms with E-state index in [0.29, 0.717) is 0 Å². The van der Waals surface area contributed by atoms with Crippen molar-refractivity contribution in [2.75, 3.05) is 0 Å². The number of aliphatic imine (C=N–C) groups is 2. The summed E-state index contributed by atoms with van der Waals surface area (Å²) in [5.74, 6) is 0. The quantitative estimate of drug-likeness (QED) is 0.597. The molecule has 0 radical (unpaired) electrons. The molecular weight excluding hydrogens is 192 g/mol. The maximum Gasteiger partial charge on any atom is 0.319 e. The summed E-state index contributed by atoms with van der Waals surface area (Å²) in [7, 11) is 0. The van der Waals surface area contributed by atoms with Crippen LogP contribution in [0, 0.1) is 0 Å². The second-order valence-corrected chi connectivity index (χ2v) is 3.68. The number of rotatable bonds is 0. The molecule has 3 aliphatic rings. The van der Waals surface area contributed by atoms with Gasteiger partial charge in [-0.2, -0.15) is 0 Å². The Morgan fingerprint density at radius 3 is 3.27 bits per heavy atom. The summed E-state index contributed by atoms with van der Waals surface area (Å²) in [5.41, 5.74) is 2.84. The lowest BCUT2D eigenvalue weighted by molar-refractivity contribution is 0.247. The summed E-state index contributed by atoms with van der Waals surface area (Å²) in [6.07, 6.45) is 6.93. The molecule has 1 atom stereocenters. The predicted octanol–water partition coefficient (Wildman–Crippen LogP) is 0.712. The number of urea groups is 1. The summed E-state index contributed by atoms with van der Waals surface area (Å²) in [4.78, 5) is 19.6. The summed E-state index contributed by atoms with van der Waals surface area (Å²) in [6, 6.07) is -0.0379. The van der Waals surface area contributed by atoms with E-state index in [-0.39, 0.29) is 12.1 Å². The Labute approximate surface area is 86.7 Å². The zero-order valence-corrected chi connectivity index (χ0v) is 8.03. The Balaban J connectivity index is 2.12. The van der Waals surface area contributed by atoms with Crippen molar-refractivity contribution in [2.45, 2.75) is 18.9 Å². The van der Waals surface area contributed by atoms with Crippen molar-refractivity contribution >= 4 is 18.5 Å². The normalized spacial score (nSPS) is 27.6. The fourth-order valence-corrected chi connectivity index (χ4v) is 2.07. The number of fused-ring (bicyclic) bond motifs is 2. The van der Waals surface area contributed by atoms with Crippen LogP contribution in [-0.2, 0) is 0 Å². The van der Waals surface area contributed by atoms with Crippen LogP contribution in [0.25, 0.3) is 0 Å². The van der Waals surface area contributed by atoms with Crippen LogP contribution < -0.4 is 10.6 Å². The van der Waals surface area contributed by atoms with E-state index in [2.05, 4.69) is 20.6 Å². The van der Waals surface area contributed by atoms with E-state index in [1.54, 1.807) is 12.4 Å². The van der Waals surface area contributed by atoms with Gasteiger partial charge in [0, 0.05) is 18.6 Å². The number of nitrogens with zero attached hydrogens (tertiary/aromatic N) is 2. The van der Waals surface area contributed by atoms with E-state index in [1.165, 1.54) is 0 Å². The first-order valence-corrected chi connectivity index (χ1v) is 4.91. The molecule has 3 rings (SSSR count). The number of hydrogen-bond donors (Lipinski definition) is 2. The van der Waals surface area contributed by atoms with Gasteiger partial charge in [0.05, 0.1) is 17.4 Å². The standard InChI is InChI=1S/C10H10N4O/c15-10-13-7-2-1-6-5-11-3-4-12-8(6)9(7)14-10/h3-5,7H,1-2H2,(H2,13,14,15). The molecule has 2 amide bonds. The first kappa shape index (κ1) is 8.40. The molecular formula is C10H10N4O. The Morgan fingerprint density at radius 1 is 1.40 bits per heavy atom. The van der Waals surface area contributed by atoms with Gasteiger partial charge < -0.3 is 10.6 Å². The maximum absolute atomic E-state index is 11.2. The van der Waals surface area contributed by atoms with Gasteiger partial charge in [-0.1, -0.05) is 0 Å². The fraction of sp³-hybridized carbons (Fsp3) is 0.300. The Bertz CT molecular complexity index is 444. The molecule has 0 aromatic carbocycles. The van der Waals surface area contributed by atoms with Crippen LogP contribution in [0.4, 0.5) is 4.79 Å². The average Bonchev–Trinajstić information content (AvgIpc) is 2.48. The summed E-state index contributed by atoms with van der Waals surface area (Å²) in [5, 5.41) is 5.66. The van der Waals surface area contributed by atoms with Gasteiger partial charge in [-0.3, -0.25) is 9.98 Å². The largest absolute Gasteiger partial charge is 0.329 e. The Kier molecular flexibility index (Phi) is 1.71. The number of allylic oxidation sites excluding steroid dienone is 1. The highest BCUT2D eigenvalue weighted by molar-refractivity contribution is 6.17. The highest BCUT2D eigenvalue weighted by Gasteiger charge is 2.33. The second kappa shape index (κ2) is 3.05. The van der Waals surface area contributed by atoms with Crippen LogP contribution in [0.1, 0.15) is 12.8 Å². The van der Waals surface area contributed by atoms with E-state index in [0.717, 1.165) is 29.8 Å². The van der Waals surface area contributed by atoms with Gasteiger partial charge in [-0.25, -0.2) is 4.79 Å². The van der Waals surface area contributed by atoms with Gasteiger partial charge >= 0.3 is 6.03 Å². The highest BCUT2D eigenvalue weighted by Crippen LogP contribution is 2.31. The molecule has 1 unspecified atom stereocenters. The summed E-state index contributed by atoms with van der Waals surface area (Å²) >= 11 is 0. The molecule has 1 saturated heterocycles. The SMILES string of the molecule is O=C1NC2=C3N=CC=NC=C3CCC2N1. The molecule has 2 aliphatic heterocycles. The van der Waals surface area contributed by atoms with Crippen LogP contribution in [0.15, 0.2) is 33.2 Å². The summed E-state index contributed by atoms with van der Waals surface area (Å²) in [6.45, 7) is 0. The number of amides is 2. The minimum atomic E-state index is -0.135. The average molecular weight is 202 g/mol. The van der Waals surface area contributed by atoms with Crippen molar-refractivity contribution in [2.24, 2.45) is 9.98 Å². The molecule has 0 aromatic heterocycles. The predicted molar refractivity (Wildman–Crippen MR) is 56.8 cm³/mol. The van der Waals surface area contributed by atoms with Gasteiger partial charge in [0.15, 0.2) is 0 Å². The van der Waals surface area contributed by atoms with E-state index in [9.17, 15) is 4.79 Å². The van der Waals surface area contributed by atoms with Crippen molar-refractivity contribution in [1.29, 1.82) is 0 Å². The first-order valence-electron chi connectivity index (χ1n) is 4.91. The van der Waals surface area contributed by atoms with Crippen molar-refractivity contribution in [3.63, 3.8) is 0 Å². The molecule has 0 saturated carbocycles. The molecule has 0 aromatic rings. The molecule has 1 fully saturated rings. The lowest BCUT2D eigenvalue weighted by Gasteiger charge is -2.20. The molecule has 76 valence electrons. The minimum absolute atomic E-state index is 0.0971. The highest BCUT2D eigenvalue weighted by atomic mass is 16.2. The topological polar surface area (TPSA) is 65.8 Å². The van der Waals surface area contributed by atoms with Crippen molar-refractivity contribution in [3.05, 3.63) is 23.2 Å². The van der Waals surface area contributed by atoms with Crippen LogP contribution in [0.3, 0.4) is 0 Å². The van der Waals surface area contributed by atoms with E-state index < -0.39 is 0 Å². The van der Waals surface area contributed by atoms with E-state index in [4.69, 9.17) is 0 Å². The summed E-state index contributed by atoms with van der Waals surface area (Å²) < 4.78 is 0. The number of carbonyl (C=O) groups is 1. The van der Waals surface area contributed by atoms with E-state index >= 15 is 0 Å². The van der Waals surface area contributed by atoms with Crippen molar-refractivity contribution < 1.29 is 4.79 Å². The molecule has 1 aliphatic carbocycles. The third-order valence-corrected chi connectivity index (χ3v) is 2.75.